The van der Waals surface area contributed by atoms with Crippen LogP contribution in [0.3, 0.4) is 0 Å². The van der Waals surface area contributed by atoms with Gasteiger partial charge in [-0.1, -0.05) is 45.9 Å². The Hall–Kier alpha value is -3.15. The van der Waals surface area contributed by atoms with Crippen LogP contribution in [0.2, 0.25) is 0 Å². The largest absolute Gasteiger partial charge is 0.478 e. The van der Waals surface area contributed by atoms with Gasteiger partial charge in [-0.3, -0.25) is 4.90 Å². The number of fused-ring (bicyclic) bond motifs is 1. The molecule has 6 nitrogen and oxygen atoms in total. The molecule has 2 N–H and O–H groups in total. The summed E-state index contributed by atoms with van der Waals surface area (Å²) in [7, 11) is 1.43. The van der Waals surface area contributed by atoms with E-state index in [0.29, 0.717) is 11.3 Å². The molecule has 3 rings (SSSR count). The summed E-state index contributed by atoms with van der Waals surface area (Å²) in [5.41, 5.74) is 3.97. The highest BCUT2D eigenvalue weighted by atomic mass is 16.4. The molecular formula is C24H28N2O4. The molecule has 1 aliphatic rings. The molecule has 0 atom stereocenters. The van der Waals surface area contributed by atoms with Crippen molar-refractivity contribution in [3.8, 4) is 0 Å². The van der Waals surface area contributed by atoms with E-state index in [4.69, 9.17) is 5.11 Å². The molecule has 0 radical (unpaired) electrons. The highest BCUT2D eigenvalue weighted by Gasteiger charge is 2.37. The average Bonchev–Trinajstić information content (AvgIpc) is 2.69. The van der Waals surface area contributed by atoms with Crippen LogP contribution in [0.25, 0.3) is 0 Å². The minimum atomic E-state index is -1.14. The van der Waals surface area contributed by atoms with Crippen molar-refractivity contribution in [1.82, 2.24) is 4.90 Å². The number of hydrogen-bond donors (Lipinski definition) is 2. The molecule has 1 aliphatic carbocycles. The van der Waals surface area contributed by atoms with Gasteiger partial charge < -0.3 is 10.2 Å². The van der Waals surface area contributed by atoms with Crippen LogP contribution < -0.4 is 0 Å². The molecule has 0 fully saturated rings. The van der Waals surface area contributed by atoms with Crippen LogP contribution in [0.15, 0.2) is 47.5 Å². The van der Waals surface area contributed by atoms with E-state index in [9.17, 15) is 14.7 Å². The molecule has 0 heterocycles. The van der Waals surface area contributed by atoms with E-state index < -0.39 is 12.1 Å². The van der Waals surface area contributed by atoms with E-state index in [-0.39, 0.29) is 22.2 Å². The second kappa shape index (κ2) is 7.59. The molecule has 0 unspecified atom stereocenters. The zero-order valence-electron chi connectivity index (χ0n) is 18.1. The number of rotatable bonds is 3. The number of carbonyl (C=O) groups is 2. The monoisotopic (exact) mass is 408 g/mol. The normalized spacial score (nSPS) is 17.2. The SMILES string of the molecule is CN(C(=O)O)C(=Nc1ccc2c(c1)C(C)(C)CCC2(C)C)c1ccc(C(=O)O)cc1. The van der Waals surface area contributed by atoms with Crippen molar-refractivity contribution in [2.45, 2.75) is 51.4 Å². The maximum Gasteiger partial charge on any atom is 0.412 e. The fourth-order valence-corrected chi connectivity index (χ4v) is 3.95. The maximum absolute atomic E-state index is 11.7. The van der Waals surface area contributed by atoms with Gasteiger partial charge in [0.1, 0.15) is 5.84 Å². The average molecular weight is 408 g/mol. The molecule has 0 aromatic heterocycles. The Morgan fingerprint density at radius 3 is 1.93 bits per heavy atom. The molecule has 0 bridgehead atoms. The summed E-state index contributed by atoms with van der Waals surface area (Å²) >= 11 is 0. The minimum Gasteiger partial charge on any atom is -0.478 e. The molecule has 0 aliphatic heterocycles. The highest BCUT2D eigenvalue weighted by Crippen LogP contribution is 2.46. The molecule has 0 spiro atoms. The summed E-state index contributed by atoms with van der Waals surface area (Å²) in [6.07, 6.45) is 1.03. The van der Waals surface area contributed by atoms with Crippen LogP contribution >= 0.6 is 0 Å². The van der Waals surface area contributed by atoms with Gasteiger partial charge in [0.25, 0.3) is 0 Å². The van der Waals surface area contributed by atoms with Crippen molar-refractivity contribution in [2.24, 2.45) is 4.99 Å². The first kappa shape index (κ1) is 21.6. The predicted molar refractivity (Wildman–Crippen MR) is 117 cm³/mol. The van der Waals surface area contributed by atoms with Gasteiger partial charge in [-0.05, 0) is 59.1 Å². The van der Waals surface area contributed by atoms with E-state index in [1.54, 1.807) is 12.1 Å². The summed E-state index contributed by atoms with van der Waals surface area (Å²) in [5, 5.41) is 18.6. The van der Waals surface area contributed by atoms with Gasteiger partial charge in [0.15, 0.2) is 0 Å². The van der Waals surface area contributed by atoms with Crippen LogP contribution in [-0.2, 0) is 10.8 Å². The van der Waals surface area contributed by atoms with Crippen LogP contribution in [0, 0.1) is 0 Å². The number of aromatic carboxylic acids is 1. The Balaban J connectivity index is 2.12. The lowest BCUT2D eigenvalue weighted by atomic mass is 9.63. The molecule has 1 amide bonds. The second-order valence-electron chi connectivity index (χ2n) is 9.16. The molecule has 2 aromatic rings. The van der Waals surface area contributed by atoms with Crippen molar-refractivity contribution >= 4 is 23.6 Å². The van der Waals surface area contributed by atoms with Crippen molar-refractivity contribution in [1.29, 1.82) is 0 Å². The van der Waals surface area contributed by atoms with Crippen molar-refractivity contribution in [3.63, 3.8) is 0 Å². The molecule has 0 saturated carbocycles. The van der Waals surface area contributed by atoms with Crippen LogP contribution in [-0.4, -0.2) is 40.1 Å². The summed E-state index contributed by atoms with van der Waals surface area (Å²) in [5.74, 6) is -0.793. The van der Waals surface area contributed by atoms with Crippen LogP contribution in [0.5, 0.6) is 0 Å². The van der Waals surface area contributed by atoms with Crippen molar-refractivity contribution < 1.29 is 19.8 Å². The van der Waals surface area contributed by atoms with E-state index >= 15 is 0 Å². The third-order valence-electron chi connectivity index (χ3n) is 6.07. The van der Waals surface area contributed by atoms with Gasteiger partial charge in [-0.25, -0.2) is 14.6 Å². The van der Waals surface area contributed by atoms with E-state index in [1.807, 2.05) is 6.07 Å². The van der Waals surface area contributed by atoms with E-state index in [2.05, 4.69) is 44.8 Å². The molecule has 0 saturated heterocycles. The quantitative estimate of drug-likeness (QED) is 0.524. The lowest BCUT2D eigenvalue weighted by molar-refractivity contribution is 0.0696. The molecule has 6 heteroatoms. The number of carboxylic acids is 1. The Kier molecular flexibility index (Phi) is 5.46. The van der Waals surface area contributed by atoms with E-state index in [0.717, 1.165) is 17.7 Å². The number of carboxylic acid groups (broad SMARTS) is 2. The molecule has 158 valence electrons. The summed E-state index contributed by atoms with van der Waals surface area (Å²) in [6.45, 7) is 8.95. The number of aliphatic imine (C=N–C) groups is 1. The van der Waals surface area contributed by atoms with Crippen molar-refractivity contribution in [2.75, 3.05) is 7.05 Å². The van der Waals surface area contributed by atoms with Gasteiger partial charge in [0, 0.05) is 12.6 Å². The first-order valence-electron chi connectivity index (χ1n) is 9.96. The number of benzene rings is 2. The molecule has 30 heavy (non-hydrogen) atoms. The first-order chi connectivity index (χ1) is 13.9. The minimum absolute atomic E-state index is 0.0123. The van der Waals surface area contributed by atoms with Gasteiger partial charge in [0.05, 0.1) is 11.3 Å². The number of amides is 1. The van der Waals surface area contributed by atoms with Crippen LogP contribution in [0.1, 0.15) is 67.6 Å². The Morgan fingerprint density at radius 1 is 0.867 bits per heavy atom. The topological polar surface area (TPSA) is 90.2 Å². The van der Waals surface area contributed by atoms with Gasteiger partial charge in [-0.15, -0.1) is 0 Å². The fourth-order valence-electron chi connectivity index (χ4n) is 3.95. The third-order valence-corrected chi connectivity index (χ3v) is 6.07. The predicted octanol–water partition coefficient (Wildman–Crippen LogP) is 5.42. The fraction of sp³-hybridized carbons (Fsp3) is 0.375. The first-order valence-corrected chi connectivity index (χ1v) is 9.96. The van der Waals surface area contributed by atoms with Crippen LogP contribution in [0.4, 0.5) is 10.5 Å². The molecule has 2 aromatic carbocycles. The zero-order chi connectivity index (χ0) is 22.3. The Bertz CT molecular complexity index is 1020. The third kappa shape index (κ3) is 4.08. The summed E-state index contributed by atoms with van der Waals surface area (Å²) < 4.78 is 0. The van der Waals surface area contributed by atoms with E-state index in [1.165, 1.54) is 30.3 Å². The maximum atomic E-state index is 11.7. The van der Waals surface area contributed by atoms with Gasteiger partial charge in [-0.2, -0.15) is 0 Å². The summed E-state index contributed by atoms with van der Waals surface area (Å²) in [6, 6.07) is 12.1. The van der Waals surface area contributed by atoms with Gasteiger partial charge >= 0.3 is 12.1 Å². The lowest BCUT2D eigenvalue weighted by Gasteiger charge is -2.41. The lowest BCUT2D eigenvalue weighted by Crippen LogP contribution is -2.34. The second-order valence-corrected chi connectivity index (χ2v) is 9.16. The smallest absolute Gasteiger partial charge is 0.412 e. The Labute approximate surface area is 176 Å². The number of hydrogen-bond acceptors (Lipinski definition) is 3. The Morgan fingerprint density at radius 2 is 1.40 bits per heavy atom. The zero-order valence-corrected chi connectivity index (χ0v) is 18.1. The number of nitrogens with zero attached hydrogens (tertiary/aromatic N) is 2. The number of amidine groups is 1. The van der Waals surface area contributed by atoms with Crippen molar-refractivity contribution in [3.05, 3.63) is 64.7 Å². The standard InChI is InChI=1S/C24H28N2O4/c1-23(2)12-13-24(3,4)19-14-17(10-11-18(19)23)25-20(26(5)22(29)30)15-6-8-16(9-7-15)21(27)28/h6-11,14H,12-13H2,1-5H3,(H,27,28)(H,29,30). The summed E-state index contributed by atoms with van der Waals surface area (Å²) in [4.78, 5) is 28.5. The van der Waals surface area contributed by atoms with Gasteiger partial charge in [0.2, 0.25) is 0 Å². The molecular weight excluding hydrogens is 380 g/mol. The highest BCUT2D eigenvalue weighted by molar-refractivity contribution is 6.07.